The molecule has 28 heavy (non-hydrogen) atoms. The standard InChI is InChI=1S/C23H40ClNO3/c1-19(2)18-21-8-10-22(11-9-21)20(3)23(26)25-13-15-28-17-16-27-14-7-5-4-6-12-24/h8-11,19-20,23,25-26H,4-7,12-18H2,1-3H3/t20-,23?/m0/s1. The monoisotopic (exact) mass is 413 g/mol. The first-order valence-corrected chi connectivity index (χ1v) is 11.3. The zero-order valence-electron chi connectivity index (χ0n) is 18.0. The average Bonchev–Trinajstić information content (AvgIpc) is 2.68. The van der Waals surface area contributed by atoms with Gasteiger partial charge >= 0.3 is 0 Å². The lowest BCUT2D eigenvalue weighted by Crippen LogP contribution is -2.36. The van der Waals surface area contributed by atoms with Crippen molar-refractivity contribution in [3.05, 3.63) is 35.4 Å². The third-order valence-electron chi connectivity index (χ3n) is 4.77. The van der Waals surface area contributed by atoms with Crippen LogP contribution in [0, 0.1) is 5.92 Å². The summed E-state index contributed by atoms with van der Waals surface area (Å²) in [7, 11) is 0. The zero-order chi connectivity index (χ0) is 20.6. The van der Waals surface area contributed by atoms with Crippen molar-refractivity contribution in [2.75, 3.05) is 38.9 Å². The van der Waals surface area contributed by atoms with Gasteiger partial charge in [-0.05, 0) is 36.3 Å². The number of hydrogen-bond donors (Lipinski definition) is 2. The van der Waals surface area contributed by atoms with Crippen LogP contribution < -0.4 is 5.32 Å². The van der Waals surface area contributed by atoms with Gasteiger partial charge in [0.2, 0.25) is 0 Å². The predicted molar refractivity (Wildman–Crippen MR) is 118 cm³/mol. The van der Waals surface area contributed by atoms with Gasteiger partial charge in [-0.1, -0.05) is 57.9 Å². The molecule has 0 bridgehead atoms. The third-order valence-corrected chi connectivity index (χ3v) is 5.03. The highest BCUT2D eigenvalue weighted by Gasteiger charge is 2.15. The third kappa shape index (κ3) is 12.0. The molecule has 0 aliphatic heterocycles. The number of hydrogen-bond acceptors (Lipinski definition) is 4. The molecule has 1 aromatic carbocycles. The summed E-state index contributed by atoms with van der Waals surface area (Å²) >= 11 is 5.64. The van der Waals surface area contributed by atoms with Crippen LogP contribution in [0.15, 0.2) is 24.3 Å². The van der Waals surface area contributed by atoms with Crippen molar-refractivity contribution in [1.82, 2.24) is 5.32 Å². The molecule has 2 atom stereocenters. The molecule has 5 heteroatoms. The van der Waals surface area contributed by atoms with Gasteiger partial charge < -0.3 is 14.6 Å². The smallest absolute Gasteiger partial charge is 0.111 e. The molecule has 0 saturated carbocycles. The van der Waals surface area contributed by atoms with Gasteiger partial charge in [0.1, 0.15) is 6.23 Å². The second-order valence-corrected chi connectivity index (χ2v) is 8.23. The minimum absolute atomic E-state index is 0.0373. The fourth-order valence-corrected chi connectivity index (χ4v) is 3.23. The van der Waals surface area contributed by atoms with Crippen molar-refractivity contribution in [3.8, 4) is 0 Å². The molecule has 0 aromatic heterocycles. The van der Waals surface area contributed by atoms with Crippen LogP contribution in [0.1, 0.15) is 63.5 Å². The quantitative estimate of drug-likeness (QED) is 0.220. The van der Waals surface area contributed by atoms with E-state index in [0.29, 0.717) is 32.3 Å². The van der Waals surface area contributed by atoms with E-state index in [2.05, 4.69) is 43.4 Å². The molecule has 0 spiro atoms. The number of nitrogens with one attached hydrogen (secondary N) is 1. The molecule has 162 valence electrons. The average molecular weight is 414 g/mol. The Morgan fingerprint density at radius 3 is 2.18 bits per heavy atom. The van der Waals surface area contributed by atoms with E-state index in [1.54, 1.807) is 0 Å². The van der Waals surface area contributed by atoms with Crippen molar-refractivity contribution in [2.24, 2.45) is 5.92 Å². The Labute approximate surface area is 177 Å². The highest BCUT2D eigenvalue weighted by atomic mass is 35.5. The van der Waals surface area contributed by atoms with Crippen LogP contribution in [-0.4, -0.2) is 50.2 Å². The minimum atomic E-state index is -0.580. The Morgan fingerprint density at radius 2 is 1.54 bits per heavy atom. The molecule has 0 aliphatic rings. The van der Waals surface area contributed by atoms with Crippen LogP contribution in [0.5, 0.6) is 0 Å². The lowest BCUT2D eigenvalue weighted by Gasteiger charge is -2.21. The summed E-state index contributed by atoms with van der Waals surface area (Å²) in [6.07, 6.45) is 5.03. The highest BCUT2D eigenvalue weighted by molar-refractivity contribution is 6.17. The van der Waals surface area contributed by atoms with Crippen LogP contribution >= 0.6 is 11.6 Å². The maximum absolute atomic E-state index is 10.3. The lowest BCUT2D eigenvalue weighted by atomic mass is 9.96. The van der Waals surface area contributed by atoms with Crippen LogP contribution in [0.25, 0.3) is 0 Å². The number of benzene rings is 1. The maximum Gasteiger partial charge on any atom is 0.111 e. The summed E-state index contributed by atoms with van der Waals surface area (Å²) < 4.78 is 11.1. The number of rotatable bonds is 17. The van der Waals surface area contributed by atoms with Crippen molar-refractivity contribution >= 4 is 11.6 Å². The summed E-state index contributed by atoms with van der Waals surface area (Å²) in [6.45, 7) is 9.67. The summed E-state index contributed by atoms with van der Waals surface area (Å²) in [6, 6.07) is 8.58. The van der Waals surface area contributed by atoms with Gasteiger partial charge in [-0.15, -0.1) is 11.6 Å². The molecule has 0 fully saturated rings. The van der Waals surface area contributed by atoms with Crippen molar-refractivity contribution in [1.29, 1.82) is 0 Å². The van der Waals surface area contributed by atoms with Crippen molar-refractivity contribution < 1.29 is 14.6 Å². The minimum Gasteiger partial charge on any atom is -0.379 e. The molecule has 0 heterocycles. The molecule has 4 nitrogen and oxygen atoms in total. The van der Waals surface area contributed by atoms with Gasteiger partial charge in [0.05, 0.1) is 19.8 Å². The van der Waals surface area contributed by atoms with Gasteiger partial charge in [-0.25, -0.2) is 0 Å². The van der Waals surface area contributed by atoms with E-state index in [0.717, 1.165) is 37.3 Å². The maximum atomic E-state index is 10.3. The van der Waals surface area contributed by atoms with Gasteiger partial charge in [0, 0.05) is 24.9 Å². The molecule has 2 N–H and O–H groups in total. The van der Waals surface area contributed by atoms with E-state index in [9.17, 15) is 5.11 Å². The van der Waals surface area contributed by atoms with Crippen LogP contribution in [-0.2, 0) is 15.9 Å². The molecule has 1 unspecified atom stereocenters. The lowest BCUT2D eigenvalue weighted by molar-refractivity contribution is 0.0396. The number of halogens is 1. The summed E-state index contributed by atoms with van der Waals surface area (Å²) in [5.74, 6) is 1.44. The molecule has 1 aromatic rings. The van der Waals surface area contributed by atoms with E-state index in [1.165, 1.54) is 18.4 Å². The number of unbranched alkanes of at least 4 members (excludes halogenated alkanes) is 3. The van der Waals surface area contributed by atoms with Gasteiger partial charge in [0.15, 0.2) is 0 Å². The fraction of sp³-hybridized carbons (Fsp3) is 0.739. The second kappa shape index (κ2) is 16.2. The van der Waals surface area contributed by atoms with E-state index in [1.807, 2.05) is 6.92 Å². The summed E-state index contributed by atoms with van der Waals surface area (Å²) in [4.78, 5) is 0. The number of aliphatic hydroxyl groups is 1. The Bertz CT molecular complexity index is 481. The van der Waals surface area contributed by atoms with E-state index in [4.69, 9.17) is 21.1 Å². The van der Waals surface area contributed by atoms with Crippen LogP contribution in [0.3, 0.4) is 0 Å². The molecular weight excluding hydrogens is 374 g/mol. The molecular formula is C23H40ClNO3. The van der Waals surface area contributed by atoms with E-state index >= 15 is 0 Å². The first kappa shape index (κ1) is 25.4. The Hall–Kier alpha value is -0.650. The summed E-state index contributed by atoms with van der Waals surface area (Å²) in [5, 5.41) is 13.5. The number of ether oxygens (including phenoxy) is 2. The van der Waals surface area contributed by atoms with Crippen molar-refractivity contribution in [3.63, 3.8) is 0 Å². The number of alkyl halides is 1. The van der Waals surface area contributed by atoms with Crippen LogP contribution in [0.2, 0.25) is 0 Å². The van der Waals surface area contributed by atoms with E-state index in [-0.39, 0.29) is 5.92 Å². The summed E-state index contributed by atoms with van der Waals surface area (Å²) in [5.41, 5.74) is 2.49. The van der Waals surface area contributed by atoms with Crippen molar-refractivity contribution in [2.45, 2.75) is 65.0 Å². The first-order chi connectivity index (χ1) is 13.5. The highest BCUT2D eigenvalue weighted by Crippen LogP contribution is 2.19. The topological polar surface area (TPSA) is 50.7 Å². The largest absolute Gasteiger partial charge is 0.379 e. The molecule has 0 saturated heterocycles. The molecule has 1 rings (SSSR count). The Morgan fingerprint density at radius 1 is 0.893 bits per heavy atom. The normalized spacial score (nSPS) is 13.8. The predicted octanol–water partition coefficient (Wildman–Crippen LogP) is 4.73. The fourth-order valence-electron chi connectivity index (χ4n) is 3.04. The molecule has 0 amide bonds. The molecule has 0 radical (unpaired) electrons. The van der Waals surface area contributed by atoms with Gasteiger partial charge in [-0.3, -0.25) is 5.32 Å². The first-order valence-electron chi connectivity index (χ1n) is 10.8. The Kier molecular flexibility index (Phi) is 14.7. The van der Waals surface area contributed by atoms with Crippen LogP contribution in [0.4, 0.5) is 0 Å². The number of aliphatic hydroxyl groups excluding tert-OH is 1. The van der Waals surface area contributed by atoms with E-state index < -0.39 is 6.23 Å². The second-order valence-electron chi connectivity index (χ2n) is 7.86. The zero-order valence-corrected chi connectivity index (χ0v) is 18.7. The molecule has 0 aliphatic carbocycles. The Balaban J connectivity index is 2.06. The van der Waals surface area contributed by atoms with Gasteiger partial charge in [-0.2, -0.15) is 0 Å². The van der Waals surface area contributed by atoms with Gasteiger partial charge in [0.25, 0.3) is 0 Å². The SMILES string of the molecule is CC(C)Cc1ccc([C@H](C)C(O)NCCOCCOCCCCCCCl)cc1.